The first kappa shape index (κ1) is 12.5. The Morgan fingerprint density at radius 2 is 2.20 bits per heavy atom. The molecule has 0 saturated heterocycles. The van der Waals surface area contributed by atoms with Gasteiger partial charge < -0.3 is 4.57 Å². The van der Waals surface area contributed by atoms with Crippen LogP contribution in [0.4, 0.5) is 5.95 Å². The molecule has 3 N–H and O–H groups in total. The predicted octanol–water partition coefficient (Wildman–Crippen LogP) is -0.377. The number of rotatable bonds is 4. The molecule has 0 fully saturated rings. The highest BCUT2D eigenvalue weighted by Gasteiger charge is 2.11. The molecule has 0 aliphatic carbocycles. The zero-order valence-corrected chi connectivity index (χ0v) is 11.2. The van der Waals surface area contributed by atoms with E-state index in [-0.39, 0.29) is 5.95 Å². The minimum atomic E-state index is 0.238. The van der Waals surface area contributed by atoms with Crippen LogP contribution in [0.2, 0.25) is 0 Å². The molecule has 20 heavy (non-hydrogen) atoms. The number of aryl methyl sites for hydroxylation is 1. The Morgan fingerprint density at radius 1 is 1.30 bits per heavy atom. The normalized spacial score (nSPS) is 10.7. The highest BCUT2D eigenvalue weighted by molar-refractivity contribution is 7.99. The van der Waals surface area contributed by atoms with Gasteiger partial charge in [0.15, 0.2) is 5.16 Å². The van der Waals surface area contributed by atoms with E-state index in [2.05, 4.69) is 35.4 Å². The van der Waals surface area contributed by atoms with E-state index in [1.54, 1.807) is 6.20 Å². The second-order valence-electron chi connectivity index (χ2n) is 3.65. The zero-order valence-electron chi connectivity index (χ0n) is 10.4. The van der Waals surface area contributed by atoms with Crippen molar-refractivity contribution in [2.45, 2.75) is 10.3 Å². The van der Waals surface area contributed by atoms with Crippen LogP contribution >= 0.6 is 11.8 Å². The van der Waals surface area contributed by atoms with Crippen LogP contribution in [-0.4, -0.2) is 39.3 Å². The Morgan fingerprint density at radius 3 is 2.85 bits per heavy atom. The SMILES string of the molecule is Cn1ccnc1Sc1nc(NN)nc(-n2cncn2)n1. The van der Waals surface area contributed by atoms with Crippen LogP contribution in [0.15, 0.2) is 35.4 Å². The standard InChI is InChI=1S/C9H10N10S/c1-18-3-2-12-9(18)20-8-15-6(17-10)14-7(16-8)19-5-11-4-13-19/h2-5H,10H2,1H3,(H,14,15,16,17). The van der Waals surface area contributed by atoms with Crippen molar-refractivity contribution >= 4 is 17.7 Å². The van der Waals surface area contributed by atoms with E-state index in [0.29, 0.717) is 11.1 Å². The van der Waals surface area contributed by atoms with Crippen LogP contribution in [0.5, 0.6) is 0 Å². The lowest BCUT2D eigenvalue weighted by atomic mass is 10.8. The van der Waals surface area contributed by atoms with Gasteiger partial charge in [0.05, 0.1) is 0 Å². The molecule has 0 saturated carbocycles. The Bertz CT molecular complexity index is 705. The van der Waals surface area contributed by atoms with Gasteiger partial charge in [-0.1, -0.05) is 0 Å². The molecule has 0 atom stereocenters. The van der Waals surface area contributed by atoms with Gasteiger partial charge in [-0.25, -0.2) is 15.8 Å². The van der Waals surface area contributed by atoms with Crippen LogP contribution in [0.3, 0.4) is 0 Å². The van der Waals surface area contributed by atoms with Crippen molar-refractivity contribution in [3.63, 3.8) is 0 Å². The third-order valence-corrected chi connectivity index (χ3v) is 3.26. The molecule has 0 unspecified atom stereocenters. The molecule has 3 heterocycles. The van der Waals surface area contributed by atoms with Crippen LogP contribution in [0.1, 0.15) is 0 Å². The molecule has 0 aliphatic heterocycles. The lowest BCUT2D eigenvalue weighted by Crippen LogP contribution is -2.14. The van der Waals surface area contributed by atoms with Crippen LogP contribution in [-0.2, 0) is 7.05 Å². The Kier molecular flexibility index (Phi) is 3.26. The average Bonchev–Trinajstić information content (AvgIpc) is 3.11. The summed E-state index contributed by atoms with van der Waals surface area (Å²) >= 11 is 1.29. The van der Waals surface area contributed by atoms with E-state index in [0.717, 1.165) is 5.16 Å². The first-order valence-corrected chi connectivity index (χ1v) is 6.31. The zero-order chi connectivity index (χ0) is 13.9. The van der Waals surface area contributed by atoms with Crippen LogP contribution < -0.4 is 11.3 Å². The summed E-state index contributed by atoms with van der Waals surface area (Å²) in [6.45, 7) is 0. The monoisotopic (exact) mass is 290 g/mol. The van der Waals surface area contributed by atoms with Gasteiger partial charge in [0.25, 0.3) is 5.95 Å². The van der Waals surface area contributed by atoms with Crippen molar-refractivity contribution in [2.75, 3.05) is 5.43 Å². The fourth-order valence-corrected chi connectivity index (χ4v) is 2.14. The summed E-state index contributed by atoms with van der Waals surface area (Å²) in [6.07, 6.45) is 6.42. The molecule has 3 aromatic rings. The third kappa shape index (κ3) is 2.44. The number of hydrazine groups is 1. The lowest BCUT2D eigenvalue weighted by molar-refractivity contribution is 0.751. The van der Waals surface area contributed by atoms with Crippen molar-refractivity contribution in [2.24, 2.45) is 12.9 Å². The Balaban J connectivity index is 1.98. The van der Waals surface area contributed by atoms with Gasteiger partial charge in [-0.3, -0.25) is 5.43 Å². The fourth-order valence-electron chi connectivity index (χ4n) is 1.40. The maximum absolute atomic E-state index is 5.37. The van der Waals surface area contributed by atoms with Crippen molar-refractivity contribution in [3.05, 3.63) is 25.0 Å². The third-order valence-electron chi connectivity index (χ3n) is 2.32. The molecule has 0 spiro atoms. The lowest BCUT2D eigenvalue weighted by Gasteiger charge is -2.05. The average molecular weight is 290 g/mol. The second-order valence-corrected chi connectivity index (χ2v) is 4.58. The minimum absolute atomic E-state index is 0.238. The number of hydrogen-bond donors (Lipinski definition) is 2. The molecular weight excluding hydrogens is 280 g/mol. The number of nitrogens with one attached hydrogen (secondary N) is 1. The quantitative estimate of drug-likeness (QED) is 0.488. The van der Waals surface area contributed by atoms with Gasteiger partial charge >= 0.3 is 0 Å². The number of anilines is 1. The summed E-state index contributed by atoms with van der Waals surface area (Å²) in [7, 11) is 1.89. The highest BCUT2D eigenvalue weighted by atomic mass is 32.2. The number of nitrogens with zero attached hydrogens (tertiary/aromatic N) is 8. The molecule has 3 aromatic heterocycles. The Labute approximate surface area is 117 Å². The second kappa shape index (κ2) is 5.22. The molecule has 0 amide bonds. The van der Waals surface area contributed by atoms with Crippen molar-refractivity contribution in [1.82, 2.24) is 39.3 Å². The molecule has 102 valence electrons. The van der Waals surface area contributed by atoms with Gasteiger partial charge in [-0.05, 0) is 11.8 Å². The molecule has 0 radical (unpaired) electrons. The number of nitrogens with two attached hydrogens (primary N) is 1. The van der Waals surface area contributed by atoms with Crippen molar-refractivity contribution in [1.29, 1.82) is 0 Å². The molecule has 0 bridgehead atoms. The van der Waals surface area contributed by atoms with Crippen molar-refractivity contribution in [3.8, 4) is 5.95 Å². The highest BCUT2D eigenvalue weighted by Crippen LogP contribution is 2.23. The fraction of sp³-hybridized carbons (Fsp3) is 0.111. The summed E-state index contributed by atoms with van der Waals surface area (Å²) < 4.78 is 3.28. The first-order valence-electron chi connectivity index (χ1n) is 5.49. The van der Waals surface area contributed by atoms with Gasteiger partial charge in [0.1, 0.15) is 12.7 Å². The molecule has 0 aromatic carbocycles. The molecule has 10 nitrogen and oxygen atoms in total. The predicted molar refractivity (Wildman–Crippen MR) is 69.9 cm³/mol. The summed E-state index contributed by atoms with van der Waals surface area (Å²) in [6, 6.07) is 0. The summed E-state index contributed by atoms with van der Waals surface area (Å²) in [5.74, 6) is 5.93. The van der Waals surface area contributed by atoms with Gasteiger partial charge in [-0.15, -0.1) is 0 Å². The smallest absolute Gasteiger partial charge is 0.257 e. The maximum Gasteiger partial charge on any atom is 0.257 e. The molecule has 0 aliphatic rings. The first-order chi connectivity index (χ1) is 9.76. The van der Waals surface area contributed by atoms with Gasteiger partial charge in [0.2, 0.25) is 11.1 Å². The Hall–Kier alpha value is -2.53. The minimum Gasteiger partial charge on any atom is -0.329 e. The topological polar surface area (TPSA) is 125 Å². The van der Waals surface area contributed by atoms with E-state index >= 15 is 0 Å². The molecule has 11 heteroatoms. The van der Waals surface area contributed by atoms with E-state index in [1.807, 2.05) is 17.8 Å². The van der Waals surface area contributed by atoms with Crippen LogP contribution in [0.25, 0.3) is 5.95 Å². The van der Waals surface area contributed by atoms with E-state index < -0.39 is 0 Å². The van der Waals surface area contributed by atoms with E-state index in [9.17, 15) is 0 Å². The summed E-state index contributed by atoms with van der Waals surface area (Å²) in [5, 5.41) is 5.18. The van der Waals surface area contributed by atoms with E-state index in [4.69, 9.17) is 5.84 Å². The maximum atomic E-state index is 5.37. The summed E-state index contributed by atoms with van der Waals surface area (Å²) in [4.78, 5) is 20.6. The van der Waals surface area contributed by atoms with Gasteiger partial charge in [-0.2, -0.15) is 24.7 Å². The number of aromatic nitrogens is 8. The summed E-state index contributed by atoms with van der Waals surface area (Å²) in [5.41, 5.74) is 2.40. The number of nitrogen functional groups attached to an aromatic ring is 1. The number of hydrogen-bond acceptors (Lipinski definition) is 9. The van der Waals surface area contributed by atoms with Crippen molar-refractivity contribution < 1.29 is 0 Å². The van der Waals surface area contributed by atoms with E-state index in [1.165, 1.54) is 29.1 Å². The molecular formula is C9H10N10S. The number of imidazole rings is 1. The van der Waals surface area contributed by atoms with Crippen LogP contribution in [0, 0.1) is 0 Å². The largest absolute Gasteiger partial charge is 0.329 e. The van der Waals surface area contributed by atoms with Gasteiger partial charge in [0, 0.05) is 19.4 Å². The molecule has 3 rings (SSSR count).